The summed E-state index contributed by atoms with van der Waals surface area (Å²) in [5.41, 5.74) is 7.69. The molecule has 0 unspecified atom stereocenters. The van der Waals surface area contributed by atoms with E-state index in [2.05, 4.69) is 13.8 Å². The number of benzene rings is 1. The zero-order valence-corrected chi connectivity index (χ0v) is 9.54. The third-order valence-corrected chi connectivity index (χ3v) is 3.09. The maximum Gasteiger partial charge on any atom is 0.221 e. The van der Waals surface area contributed by atoms with Crippen molar-refractivity contribution in [2.24, 2.45) is 5.73 Å². The van der Waals surface area contributed by atoms with Crippen LogP contribution in [0.5, 0.6) is 0 Å². The summed E-state index contributed by atoms with van der Waals surface area (Å²) < 4.78 is 0. The molecule has 2 rings (SSSR count). The second kappa shape index (κ2) is 3.44. The maximum absolute atomic E-state index is 11.8. The molecule has 1 aromatic carbocycles. The predicted octanol–water partition coefficient (Wildman–Crippen LogP) is 1.58. The number of ketones is 1. The molecule has 0 saturated carbocycles. The van der Waals surface area contributed by atoms with Crippen LogP contribution in [0.1, 0.15) is 41.8 Å². The molecule has 1 aliphatic carbocycles. The second-order valence-corrected chi connectivity index (χ2v) is 5.01. The number of nitrogens with two attached hydrogens (primary N) is 1. The van der Waals surface area contributed by atoms with Crippen LogP contribution in [0.3, 0.4) is 0 Å². The summed E-state index contributed by atoms with van der Waals surface area (Å²) in [5.74, 6) is -0.212. The number of rotatable bonds is 2. The lowest BCUT2D eigenvalue weighted by molar-refractivity contribution is -0.117. The molecule has 2 N–H and O–H groups in total. The number of Topliss-reactive ketones (excluding diaryl/α,β-unsaturated/α-hetero) is 1. The van der Waals surface area contributed by atoms with E-state index in [4.69, 9.17) is 5.73 Å². The smallest absolute Gasteiger partial charge is 0.221 e. The van der Waals surface area contributed by atoms with Gasteiger partial charge in [0.25, 0.3) is 0 Å². The van der Waals surface area contributed by atoms with Crippen molar-refractivity contribution >= 4 is 11.7 Å². The Kier molecular flexibility index (Phi) is 2.34. The molecule has 0 aromatic heterocycles. The molecule has 0 atom stereocenters. The van der Waals surface area contributed by atoms with Gasteiger partial charge in [0.1, 0.15) is 0 Å². The number of hydrogen-bond acceptors (Lipinski definition) is 2. The first kappa shape index (κ1) is 10.9. The fourth-order valence-electron chi connectivity index (χ4n) is 2.32. The van der Waals surface area contributed by atoms with E-state index >= 15 is 0 Å². The Labute approximate surface area is 94.6 Å². The molecule has 0 saturated heterocycles. The number of amides is 1. The fourth-order valence-corrected chi connectivity index (χ4v) is 2.32. The lowest BCUT2D eigenvalue weighted by Crippen LogP contribution is -2.14. The van der Waals surface area contributed by atoms with Gasteiger partial charge in [0.05, 0.1) is 6.42 Å². The van der Waals surface area contributed by atoms with E-state index in [1.54, 1.807) is 6.07 Å². The van der Waals surface area contributed by atoms with Crippen LogP contribution in [0.2, 0.25) is 0 Å². The highest BCUT2D eigenvalue weighted by atomic mass is 16.1. The Morgan fingerprint density at radius 1 is 1.44 bits per heavy atom. The Morgan fingerprint density at radius 2 is 2.12 bits per heavy atom. The molecule has 84 valence electrons. The summed E-state index contributed by atoms with van der Waals surface area (Å²) in [6.45, 7) is 4.12. The Morgan fingerprint density at radius 3 is 2.75 bits per heavy atom. The number of primary amides is 1. The Balaban J connectivity index is 2.44. The van der Waals surface area contributed by atoms with Gasteiger partial charge in [0.2, 0.25) is 5.91 Å². The molecule has 0 spiro atoms. The number of carbonyl (C=O) groups is 2. The lowest BCUT2D eigenvalue weighted by Gasteiger charge is -2.17. The van der Waals surface area contributed by atoms with Gasteiger partial charge in [0, 0.05) is 12.0 Å². The minimum absolute atomic E-state index is 0.0856. The molecule has 0 bridgehead atoms. The molecule has 3 nitrogen and oxygen atoms in total. The monoisotopic (exact) mass is 217 g/mol. The van der Waals surface area contributed by atoms with Crippen molar-refractivity contribution in [2.45, 2.75) is 32.1 Å². The van der Waals surface area contributed by atoms with Crippen LogP contribution in [-0.4, -0.2) is 11.7 Å². The van der Waals surface area contributed by atoms with Gasteiger partial charge in [-0.3, -0.25) is 9.59 Å². The minimum Gasteiger partial charge on any atom is -0.369 e. The van der Waals surface area contributed by atoms with E-state index < -0.39 is 0 Å². The fraction of sp³-hybridized carbons (Fsp3) is 0.385. The molecule has 0 heterocycles. The van der Waals surface area contributed by atoms with E-state index in [9.17, 15) is 9.59 Å². The van der Waals surface area contributed by atoms with Crippen molar-refractivity contribution in [1.29, 1.82) is 0 Å². The quantitative estimate of drug-likeness (QED) is 0.817. The van der Waals surface area contributed by atoms with Gasteiger partial charge < -0.3 is 5.73 Å². The van der Waals surface area contributed by atoms with Crippen LogP contribution in [0.4, 0.5) is 0 Å². The van der Waals surface area contributed by atoms with Crippen molar-refractivity contribution < 1.29 is 9.59 Å². The second-order valence-electron chi connectivity index (χ2n) is 5.01. The van der Waals surface area contributed by atoms with Crippen molar-refractivity contribution in [2.75, 3.05) is 0 Å². The molecule has 0 radical (unpaired) electrons. The molecule has 1 aromatic rings. The van der Waals surface area contributed by atoms with E-state index in [-0.39, 0.29) is 23.5 Å². The lowest BCUT2D eigenvalue weighted by atomic mass is 9.86. The molecule has 0 aliphatic heterocycles. The first-order valence-corrected chi connectivity index (χ1v) is 5.35. The van der Waals surface area contributed by atoms with Gasteiger partial charge in [0.15, 0.2) is 5.78 Å². The van der Waals surface area contributed by atoms with Gasteiger partial charge in [-0.2, -0.15) is 0 Å². The van der Waals surface area contributed by atoms with Gasteiger partial charge in [-0.1, -0.05) is 26.0 Å². The van der Waals surface area contributed by atoms with Crippen molar-refractivity contribution in [3.05, 3.63) is 34.9 Å². The summed E-state index contributed by atoms with van der Waals surface area (Å²) in [4.78, 5) is 22.6. The SMILES string of the molecule is CC1(C)CC(=O)c2cc(CC(N)=O)ccc21. The number of carbonyl (C=O) groups excluding carboxylic acids is 2. The third-order valence-electron chi connectivity index (χ3n) is 3.09. The molecule has 3 heteroatoms. The van der Waals surface area contributed by atoms with E-state index in [1.165, 1.54) is 0 Å². The molecule has 1 aliphatic rings. The topological polar surface area (TPSA) is 60.2 Å². The average Bonchev–Trinajstić information content (AvgIpc) is 2.36. The average molecular weight is 217 g/mol. The highest BCUT2D eigenvalue weighted by Crippen LogP contribution is 2.38. The molecule has 0 fully saturated rings. The van der Waals surface area contributed by atoms with Gasteiger partial charge in [-0.05, 0) is 22.6 Å². The van der Waals surface area contributed by atoms with Crippen molar-refractivity contribution in [3.8, 4) is 0 Å². The summed E-state index contributed by atoms with van der Waals surface area (Å²) in [5, 5.41) is 0. The zero-order chi connectivity index (χ0) is 11.9. The highest BCUT2D eigenvalue weighted by molar-refractivity contribution is 6.02. The van der Waals surface area contributed by atoms with Crippen LogP contribution >= 0.6 is 0 Å². The number of fused-ring (bicyclic) bond motifs is 1. The summed E-state index contributed by atoms with van der Waals surface area (Å²) in [6.07, 6.45) is 0.739. The minimum atomic E-state index is -0.371. The number of hydrogen-bond donors (Lipinski definition) is 1. The van der Waals surface area contributed by atoms with Crippen LogP contribution < -0.4 is 5.73 Å². The van der Waals surface area contributed by atoms with E-state index in [0.717, 1.165) is 16.7 Å². The van der Waals surface area contributed by atoms with Crippen LogP contribution in [0.25, 0.3) is 0 Å². The molecular weight excluding hydrogens is 202 g/mol. The molecule has 1 amide bonds. The summed E-state index contributed by atoms with van der Waals surface area (Å²) in [6, 6.07) is 5.62. The first-order valence-electron chi connectivity index (χ1n) is 5.35. The van der Waals surface area contributed by atoms with Crippen LogP contribution in [0.15, 0.2) is 18.2 Å². The zero-order valence-electron chi connectivity index (χ0n) is 9.54. The standard InChI is InChI=1S/C13H15NO2/c1-13(2)7-11(15)9-5-8(6-12(14)16)3-4-10(9)13/h3-5H,6-7H2,1-2H3,(H2,14,16). The Hall–Kier alpha value is -1.64. The van der Waals surface area contributed by atoms with E-state index in [1.807, 2.05) is 12.1 Å². The molecular formula is C13H15NO2. The van der Waals surface area contributed by atoms with E-state index in [0.29, 0.717) is 6.42 Å². The highest BCUT2D eigenvalue weighted by Gasteiger charge is 2.35. The largest absolute Gasteiger partial charge is 0.369 e. The summed E-state index contributed by atoms with van der Waals surface area (Å²) in [7, 11) is 0. The van der Waals surface area contributed by atoms with Gasteiger partial charge in [-0.15, -0.1) is 0 Å². The third kappa shape index (κ3) is 1.73. The van der Waals surface area contributed by atoms with Crippen molar-refractivity contribution in [3.63, 3.8) is 0 Å². The Bertz CT molecular complexity index is 475. The predicted molar refractivity (Wildman–Crippen MR) is 61.3 cm³/mol. The van der Waals surface area contributed by atoms with Crippen molar-refractivity contribution in [1.82, 2.24) is 0 Å². The summed E-state index contributed by atoms with van der Waals surface area (Å²) >= 11 is 0. The van der Waals surface area contributed by atoms with Crippen LogP contribution in [0, 0.1) is 0 Å². The van der Waals surface area contributed by atoms with Gasteiger partial charge >= 0.3 is 0 Å². The maximum atomic E-state index is 11.8. The normalized spacial score (nSPS) is 17.2. The molecule has 16 heavy (non-hydrogen) atoms. The first-order chi connectivity index (χ1) is 7.40. The van der Waals surface area contributed by atoms with Gasteiger partial charge in [-0.25, -0.2) is 0 Å². The van der Waals surface area contributed by atoms with Crippen LogP contribution in [-0.2, 0) is 16.6 Å².